The lowest BCUT2D eigenvalue weighted by molar-refractivity contribution is 0.0443. The fourth-order valence-corrected chi connectivity index (χ4v) is 5.40. The van der Waals surface area contributed by atoms with Gasteiger partial charge in [-0.3, -0.25) is 4.90 Å². The van der Waals surface area contributed by atoms with E-state index >= 15 is 0 Å². The van der Waals surface area contributed by atoms with E-state index in [1.807, 2.05) is 13.8 Å². The molecule has 0 spiro atoms. The third-order valence-electron chi connectivity index (χ3n) is 7.63. The van der Waals surface area contributed by atoms with E-state index in [0.717, 1.165) is 32.4 Å². The first kappa shape index (κ1) is 22.8. The highest BCUT2D eigenvalue weighted by atomic mass is 16.3. The maximum atomic E-state index is 11.2. The van der Waals surface area contributed by atoms with Gasteiger partial charge in [0.05, 0.1) is 6.10 Å². The van der Waals surface area contributed by atoms with E-state index in [1.54, 1.807) is 0 Å². The van der Waals surface area contributed by atoms with Crippen LogP contribution < -0.4 is 4.90 Å². The van der Waals surface area contributed by atoms with Crippen molar-refractivity contribution in [1.29, 1.82) is 0 Å². The minimum atomic E-state index is -0.370. The second-order valence-corrected chi connectivity index (χ2v) is 8.83. The Kier molecular flexibility index (Phi) is 7.26. The molecule has 3 nitrogen and oxygen atoms in total. The Hall–Kier alpha value is -1.84. The molecule has 4 rings (SSSR count). The van der Waals surface area contributed by atoms with Gasteiger partial charge in [0.2, 0.25) is 0 Å². The number of para-hydroxylation sites is 1. The number of aliphatic hydroxyl groups is 1. The Bertz CT molecular complexity index is 853. The van der Waals surface area contributed by atoms with Crippen molar-refractivity contribution in [3.8, 4) is 0 Å². The summed E-state index contributed by atoms with van der Waals surface area (Å²) in [6, 6.07) is 11.5. The topological polar surface area (TPSA) is 26.7 Å². The van der Waals surface area contributed by atoms with Crippen LogP contribution in [0.15, 0.2) is 30.3 Å². The standard InChI is InChI=1S/C25H34N2O.C2H6/c1-16-17(2)19(4)24-22(18(16)3)15-23(25(24)28)26(5)20-11-13-27(14-12-20)21-9-7-6-8-10-21;1-2/h6-10,20,23,25,28H,11-15H2,1-5H3;1-2H3/t23-,25-;/m0./s1. The van der Waals surface area contributed by atoms with Crippen LogP contribution in [0.2, 0.25) is 0 Å². The largest absolute Gasteiger partial charge is 0.387 e. The Morgan fingerprint density at radius 2 is 1.43 bits per heavy atom. The highest BCUT2D eigenvalue weighted by Gasteiger charge is 2.39. The van der Waals surface area contributed by atoms with Crippen molar-refractivity contribution in [3.63, 3.8) is 0 Å². The van der Waals surface area contributed by atoms with Gasteiger partial charge in [-0.2, -0.15) is 0 Å². The molecule has 1 aliphatic heterocycles. The smallest absolute Gasteiger partial charge is 0.0953 e. The Morgan fingerprint density at radius 3 is 2.03 bits per heavy atom. The number of hydrogen-bond donors (Lipinski definition) is 1. The first-order chi connectivity index (χ1) is 14.4. The number of aliphatic hydroxyl groups excluding tert-OH is 1. The van der Waals surface area contributed by atoms with E-state index in [9.17, 15) is 5.11 Å². The van der Waals surface area contributed by atoms with Crippen LogP contribution in [0.5, 0.6) is 0 Å². The number of piperidine rings is 1. The van der Waals surface area contributed by atoms with Gasteiger partial charge in [-0.05, 0) is 99.5 Å². The molecule has 0 unspecified atom stereocenters. The zero-order chi connectivity index (χ0) is 22.0. The van der Waals surface area contributed by atoms with Crippen molar-refractivity contribution in [3.05, 3.63) is 63.7 Å². The van der Waals surface area contributed by atoms with Gasteiger partial charge < -0.3 is 10.0 Å². The Morgan fingerprint density at radius 1 is 0.867 bits per heavy atom. The van der Waals surface area contributed by atoms with Crippen molar-refractivity contribution < 1.29 is 5.11 Å². The van der Waals surface area contributed by atoms with Crippen molar-refractivity contribution in [2.45, 2.75) is 79.0 Å². The normalized spacial score (nSPS) is 21.4. The molecule has 0 radical (unpaired) electrons. The molecule has 1 N–H and O–H groups in total. The van der Waals surface area contributed by atoms with Crippen molar-refractivity contribution in [1.82, 2.24) is 4.90 Å². The summed E-state index contributed by atoms with van der Waals surface area (Å²) in [6.45, 7) is 15.0. The monoisotopic (exact) mass is 408 g/mol. The summed E-state index contributed by atoms with van der Waals surface area (Å²) in [5.74, 6) is 0. The van der Waals surface area contributed by atoms with E-state index in [-0.39, 0.29) is 12.1 Å². The summed E-state index contributed by atoms with van der Waals surface area (Å²) in [4.78, 5) is 4.97. The van der Waals surface area contributed by atoms with Gasteiger partial charge in [-0.1, -0.05) is 32.0 Å². The summed E-state index contributed by atoms with van der Waals surface area (Å²) >= 11 is 0. The van der Waals surface area contributed by atoms with Crippen LogP contribution in [0, 0.1) is 27.7 Å². The second kappa shape index (κ2) is 9.53. The van der Waals surface area contributed by atoms with E-state index < -0.39 is 0 Å². The SMILES string of the molecule is CC.Cc1c(C)c(C)c2c(c1C)C[C@H](N(C)C1CCN(c3ccccc3)CC1)[C@@H]2O. The summed E-state index contributed by atoms with van der Waals surface area (Å²) in [5.41, 5.74) is 9.34. The first-order valence-corrected chi connectivity index (χ1v) is 11.7. The van der Waals surface area contributed by atoms with Gasteiger partial charge in [-0.25, -0.2) is 0 Å². The molecule has 1 heterocycles. The van der Waals surface area contributed by atoms with Gasteiger partial charge in [0.25, 0.3) is 0 Å². The summed E-state index contributed by atoms with van der Waals surface area (Å²) < 4.78 is 0. The Labute approximate surface area is 183 Å². The Balaban J connectivity index is 0.00000124. The molecule has 2 aromatic carbocycles. The molecule has 2 aromatic rings. The van der Waals surface area contributed by atoms with E-state index in [1.165, 1.54) is 39.1 Å². The molecule has 1 aliphatic carbocycles. The highest BCUT2D eigenvalue weighted by molar-refractivity contribution is 5.54. The fourth-order valence-electron chi connectivity index (χ4n) is 5.40. The number of rotatable bonds is 3. The molecule has 0 saturated carbocycles. The number of nitrogens with zero attached hydrogens (tertiary/aromatic N) is 2. The number of fused-ring (bicyclic) bond motifs is 1. The van der Waals surface area contributed by atoms with Gasteiger partial charge >= 0.3 is 0 Å². The lowest BCUT2D eigenvalue weighted by atomic mass is 9.90. The molecule has 3 heteroatoms. The predicted octanol–water partition coefficient (Wildman–Crippen LogP) is 5.51. The quantitative estimate of drug-likeness (QED) is 0.726. The van der Waals surface area contributed by atoms with Crippen LogP contribution >= 0.6 is 0 Å². The third-order valence-corrected chi connectivity index (χ3v) is 7.63. The zero-order valence-corrected chi connectivity index (χ0v) is 20.0. The van der Waals surface area contributed by atoms with Gasteiger partial charge in [-0.15, -0.1) is 0 Å². The minimum Gasteiger partial charge on any atom is -0.387 e. The zero-order valence-electron chi connectivity index (χ0n) is 20.0. The van der Waals surface area contributed by atoms with Crippen LogP contribution in [-0.2, 0) is 6.42 Å². The number of likely N-dealkylation sites (N-methyl/N-ethyl adjacent to an activating group) is 1. The van der Waals surface area contributed by atoms with Crippen LogP contribution in [0.1, 0.15) is 66.2 Å². The average Bonchev–Trinajstić information content (AvgIpc) is 3.15. The van der Waals surface area contributed by atoms with Crippen LogP contribution in [0.3, 0.4) is 0 Å². The summed E-state index contributed by atoms with van der Waals surface area (Å²) in [6.07, 6.45) is 2.91. The van der Waals surface area contributed by atoms with Gasteiger partial charge in [0, 0.05) is 30.9 Å². The van der Waals surface area contributed by atoms with Crippen LogP contribution in [0.25, 0.3) is 0 Å². The molecule has 0 bridgehead atoms. The molecular weight excluding hydrogens is 368 g/mol. The maximum absolute atomic E-state index is 11.2. The number of hydrogen-bond acceptors (Lipinski definition) is 3. The van der Waals surface area contributed by atoms with Crippen molar-refractivity contribution in [2.24, 2.45) is 0 Å². The van der Waals surface area contributed by atoms with Crippen molar-refractivity contribution >= 4 is 5.69 Å². The van der Waals surface area contributed by atoms with E-state index in [2.05, 4.69) is 74.9 Å². The molecule has 1 fully saturated rings. The lowest BCUT2D eigenvalue weighted by Crippen LogP contribution is -2.48. The highest BCUT2D eigenvalue weighted by Crippen LogP contribution is 2.41. The molecular formula is C27H40N2O. The fraction of sp³-hybridized carbons (Fsp3) is 0.556. The molecule has 0 amide bonds. The molecule has 164 valence electrons. The third kappa shape index (κ3) is 4.02. The van der Waals surface area contributed by atoms with Crippen molar-refractivity contribution in [2.75, 3.05) is 25.0 Å². The number of benzene rings is 2. The second-order valence-electron chi connectivity index (χ2n) is 8.83. The van der Waals surface area contributed by atoms with Gasteiger partial charge in [0.15, 0.2) is 0 Å². The van der Waals surface area contributed by atoms with E-state index in [0.29, 0.717) is 6.04 Å². The molecule has 2 aliphatic rings. The summed E-state index contributed by atoms with van der Waals surface area (Å²) in [7, 11) is 2.23. The molecule has 1 saturated heterocycles. The summed E-state index contributed by atoms with van der Waals surface area (Å²) in [5, 5.41) is 11.2. The predicted molar refractivity (Wildman–Crippen MR) is 129 cm³/mol. The van der Waals surface area contributed by atoms with Crippen LogP contribution in [0.4, 0.5) is 5.69 Å². The molecule has 0 aromatic heterocycles. The molecule has 30 heavy (non-hydrogen) atoms. The number of anilines is 1. The maximum Gasteiger partial charge on any atom is 0.0953 e. The lowest BCUT2D eigenvalue weighted by Gasteiger charge is -2.41. The average molecular weight is 409 g/mol. The van der Waals surface area contributed by atoms with Crippen LogP contribution in [-0.4, -0.2) is 42.2 Å². The minimum absolute atomic E-state index is 0.196. The molecule has 2 atom stereocenters. The van der Waals surface area contributed by atoms with E-state index in [4.69, 9.17) is 0 Å². The first-order valence-electron chi connectivity index (χ1n) is 11.7. The van der Waals surface area contributed by atoms with Gasteiger partial charge in [0.1, 0.15) is 0 Å².